The quantitative estimate of drug-likeness (QED) is 0.810. The highest BCUT2D eigenvalue weighted by Crippen LogP contribution is 2.21. The molecule has 0 spiro atoms. The summed E-state index contributed by atoms with van der Waals surface area (Å²) in [5.74, 6) is 0.358. The number of esters is 1. The Labute approximate surface area is 124 Å². The van der Waals surface area contributed by atoms with Crippen LogP contribution in [0.5, 0.6) is 0 Å². The number of piperidine rings is 1. The Morgan fingerprint density at radius 3 is 2.86 bits per heavy atom. The van der Waals surface area contributed by atoms with Crippen LogP contribution in [-0.2, 0) is 11.2 Å². The molecule has 0 aliphatic carbocycles. The van der Waals surface area contributed by atoms with E-state index in [4.69, 9.17) is 4.74 Å². The van der Waals surface area contributed by atoms with E-state index < -0.39 is 0 Å². The number of nitrogens with zero attached hydrogens (tertiary/aromatic N) is 3. The van der Waals surface area contributed by atoms with Gasteiger partial charge in [-0.05, 0) is 57.5 Å². The van der Waals surface area contributed by atoms with Gasteiger partial charge in [0.15, 0.2) is 0 Å². The van der Waals surface area contributed by atoms with Crippen LogP contribution in [0.15, 0.2) is 24.4 Å². The number of ether oxygens (including phenoxy) is 1. The third-order valence-corrected chi connectivity index (χ3v) is 4.27. The molecule has 5 nitrogen and oxygen atoms in total. The van der Waals surface area contributed by atoms with E-state index in [9.17, 15) is 4.79 Å². The summed E-state index contributed by atoms with van der Waals surface area (Å²) in [6.07, 6.45) is 5.39. The number of rotatable bonds is 3. The molecule has 0 amide bonds. The van der Waals surface area contributed by atoms with E-state index in [1.165, 1.54) is 20.0 Å². The van der Waals surface area contributed by atoms with Gasteiger partial charge in [0.05, 0.1) is 12.8 Å². The van der Waals surface area contributed by atoms with Crippen molar-refractivity contribution in [3.05, 3.63) is 35.8 Å². The number of likely N-dealkylation sites (tertiary alicyclic amines) is 1. The lowest BCUT2D eigenvalue weighted by atomic mass is 9.93. The van der Waals surface area contributed by atoms with Crippen LogP contribution < -0.4 is 0 Å². The van der Waals surface area contributed by atoms with Crippen LogP contribution in [0.25, 0.3) is 5.65 Å². The smallest absolute Gasteiger partial charge is 0.355 e. The van der Waals surface area contributed by atoms with Gasteiger partial charge in [0, 0.05) is 6.20 Å². The standard InChI is InChI=1S/C16H21N3O2/c1-18-8-6-12(7-9-18)10-13-11-19-14(16(20)21-2)4-3-5-15(19)17-13/h3-5,11-12H,6-10H2,1-2H3. The van der Waals surface area contributed by atoms with Gasteiger partial charge in [-0.3, -0.25) is 4.40 Å². The fourth-order valence-electron chi connectivity index (χ4n) is 2.99. The topological polar surface area (TPSA) is 46.8 Å². The molecule has 2 aromatic rings. The number of hydrogen-bond donors (Lipinski definition) is 0. The van der Waals surface area contributed by atoms with Gasteiger partial charge < -0.3 is 9.64 Å². The monoisotopic (exact) mass is 287 g/mol. The first-order valence-electron chi connectivity index (χ1n) is 7.41. The molecule has 1 saturated heterocycles. The van der Waals surface area contributed by atoms with Crippen molar-refractivity contribution in [2.24, 2.45) is 5.92 Å². The van der Waals surface area contributed by atoms with E-state index in [-0.39, 0.29) is 5.97 Å². The van der Waals surface area contributed by atoms with Gasteiger partial charge in [-0.15, -0.1) is 0 Å². The van der Waals surface area contributed by atoms with Gasteiger partial charge in [-0.2, -0.15) is 0 Å². The fourth-order valence-corrected chi connectivity index (χ4v) is 2.99. The largest absolute Gasteiger partial charge is 0.464 e. The molecule has 21 heavy (non-hydrogen) atoms. The summed E-state index contributed by atoms with van der Waals surface area (Å²) in [7, 11) is 3.57. The van der Waals surface area contributed by atoms with Crippen molar-refractivity contribution in [2.75, 3.05) is 27.2 Å². The minimum absolute atomic E-state index is 0.330. The van der Waals surface area contributed by atoms with E-state index in [0.717, 1.165) is 30.9 Å². The summed E-state index contributed by atoms with van der Waals surface area (Å²) in [5, 5.41) is 0. The molecular formula is C16H21N3O2. The molecule has 1 aliphatic rings. The van der Waals surface area contributed by atoms with Crippen molar-refractivity contribution in [3.8, 4) is 0 Å². The van der Waals surface area contributed by atoms with Crippen molar-refractivity contribution in [1.29, 1.82) is 0 Å². The number of fused-ring (bicyclic) bond motifs is 1. The third kappa shape index (κ3) is 2.93. The summed E-state index contributed by atoms with van der Waals surface area (Å²) < 4.78 is 6.65. The average Bonchev–Trinajstić information content (AvgIpc) is 2.91. The van der Waals surface area contributed by atoms with Gasteiger partial charge >= 0.3 is 5.97 Å². The predicted molar refractivity (Wildman–Crippen MR) is 80.5 cm³/mol. The molecule has 0 aromatic carbocycles. The van der Waals surface area contributed by atoms with E-state index in [1.54, 1.807) is 6.07 Å². The van der Waals surface area contributed by atoms with Crippen LogP contribution in [0, 0.1) is 5.92 Å². The van der Waals surface area contributed by atoms with Crippen LogP contribution in [0.2, 0.25) is 0 Å². The molecule has 0 radical (unpaired) electrons. The van der Waals surface area contributed by atoms with Crippen molar-refractivity contribution in [3.63, 3.8) is 0 Å². The molecule has 112 valence electrons. The van der Waals surface area contributed by atoms with Crippen LogP contribution in [0.1, 0.15) is 29.0 Å². The highest BCUT2D eigenvalue weighted by molar-refractivity contribution is 5.88. The molecule has 1 aliphatic heterocycles. The van der Waals surface area contributed by atoms with E-state index in [0.29, 0.717) is 11.6 Å². The number of imidazole rings is 1. The zero-order valence-electron chi connectivity index (χ0n) is 12.6. The molecular weight excluding hydrogens is 266 g/mol. The van der Waals surface area contributed by atoms with E-state index in [2.05, 4.69) is 16.9 Å². The Balaban J connectivity index is 1.82. The number of carbonyl (C=O) groups is 1. The Morgan fingerprint density at radius 2 is 2.14 bits per heavy atom. The number of pyridine rings is 1. The average molecular weight is 287 g/mol. The number of carbonyl (C=O) groups excluding carboxylic acids is 1. The first-order valence-corrected chi connectivity index (χ1v) is 7.41. The second-order valence-electron chi connectivity index (χ2n) is 5.81. The molecule has 1 fully saturated rings. The maximum atomic E-state index is 11.8. The molecule has 3 heterocycles. The van der Waals surface area contributed by atoms with Gasteiger partial charge in [-0.1, -0.05) is 6.07 Å². The second kappa shape index (κ2) is 5.85. The Morgan fingerprint density at radius 1 is 1.38 bits per heavy atom. The van der Waals surface area contributed by atoms with Crippen LogP contribution >= 0.6 is 0 Å². The number of methoxy groups -OCH3 is 1. The molecule has 0 atom stereocenters. The van der Waals surface area contributed by atoms with Crippen LogP contribution in [-0.4, -0.2) is 47.5 Å². The molecule has 0 unspecified atom stereocenters. The van der Waals surface area contributed by atoms with Crippen molar-refractivity contribution >= 4 is 11.6 Å². The Hall–Kier alpha value is -1.88. The predicted octanol–water partition coefficient (Wildman–Crippen LogP) is 2.01. The zero-order chi connectivity index (χ0) is 14.8. The fraction of sp³-hybridized carbons (Fsp3) is 0.500. The lowest BCUT2D eigenvalue weighted by Crippen LogP contribution is -2.30. The Kier molecular flexibility index (Phi) is 3.92. The van der Waals surface area contributed by atoms with Crippen molar-refractivity contribution in [2.45, 2.75) is 19.3 Å². The van der Waals surface area contributed by atoms with Crippen LogP contribution in [0.4, 0.5) is 0 Å². The normalized spacial score (nSPS) is 17.2. The molecule has 0 saturated carbocycles. The highest BCUT2D eigenvalue weighted by Gasteiger charge is 2.19. The van der Waals surface area contributed by atoms with Crippen molar-refractivity contribution in [1.82, 2.24) is 14.3 Å². The summed E-state index contributed by atoms with van der Waals surface area (Å²) in [6.45, 7) is 2.32. The summed E-state index contributed by atoms with van der Waals surface area (Å²) >= 11 is 0. The highest BCUT2D eigenvalue weighted by atomic mass is 16.5. The SMILES string of the molecule is COC(=O)c1cccc2nc(CC3CCN(C)CC3)cn12. The van der Waals surface area contributed by atoms with Crippen LogP contribution in [0.3, 0.4) is 0 Å². The molecule has 2 aromatic heterocycles. The Bertz CT molecular complexity index is 642. The lowest BCUT2D eigenvalue weighted by molar-refractivity contribution is 0.0592. The molecule has 0 bridgehead atoms. The summed E-state index contributed by atoms with van der Waals surface area (Å²) in [6, 6.07) is 5.53. The third-order valence-electron chi connectivity index (χ3n) is 4.27. The number of aromatic nitrogens is 2. The minimum Gasteiger partial charge on any atom is -0.464 e. The second-order valence-corrected chi connectivity index (χ2v) is 5.81. The van der Waals surface area contributed by atoms with Gasteiger partial charge in [0.25, 0.3) is 0 Å². The first kappa shape index (κ1) is 14.1. The summed E-state index contributed by atoms with van der Waals surface area (Å²) in [5.41, 5.74) is 2.39. The van der Waals surface area contributed by atoms with Gasteiger partial charge in [-0.25, -0.2) is 9.78 Å². The zero-order valence-corrected chi connectivity index (χ0v) is 12.6. The first-order chi connectivity index (χ1) is 10.2. The maximum absolute atomic E-state index is 11.8. The molecule has 5 heteroatoms. The van der Waals surface area contributed by atoms with E-state index >= 15 is 0 Å². The van der Waals surface area contributed by atoms with E-state index in [1.807, 2.05) is 22.7 Å². The number of hydrogen-bond acceptors (Lipinski definition) is 4. The summed E-state index contributed by atoms with van der Waals surface area (Å²) in [4.78, 5) is 18.8. The van der Waals surface area contributed by atoms with Crippen molar-refractivity contribution < 1.29 is 9.53 Å². The molecule has 0 N–H and O–H groups in total. The molecule has 3 rings (SSSR count). The minimum atomic E-state index is -0.330. The maximum Gasteiger partial charge on any atom is 0.355 e. The van der Waals surface area contributed by atoms with Gasteiger partial charge in [0.2, 0.25) is 0 Å². The lowest BCUT2D eigenvalue weighted by Gasteiger charge is -2.28. The van der Waals surface area contributed by atoms with Gasteiger partial charge in [0.1, 0.15) is 11.3 Å².